The van der Waals surface area contributed by atoms with Crippen molar-refractivity contribution in [1.82, 2.24) is 0 Å². The summed E-state index contributed by atoms with van der Waals surface area (Å²) in [6.07, 6.45) is -0.916. The fourth-order valence-corrected chi connectivity index (χ4v) is 2.19. The number of ether oxygens (including phenoxy) is 1. The molecule has 0 aliphatic rings. The summed E-state index contributed by atoms with van der Waals surface area (Å²) >= 11 is 0. The Morgan fingerprint density at radius 1 is 1.08 bits per heavy atom. The molecule has 128 valence electrons. The van der Waals surface area contributed by atoms with Gasteiger partial charge in [-0.3, -0.25) is 4.79 Å². The molecule has 0 saturated carbocycles. The molecule has 5 nitrogen and oxygen atoms in total. The molecule has 1 aromatic heterocycles. The molecule has 0 spiro atoms. The van der Waals surface area contributed by atoms with Gasteiger partial charge >= 0.3 is 5.63 Å². The molecule has 0 fully saturated rings. The van der Waals surface area contributed by atoms with Crippen molar-refractivity contribution in [2.75, 3.05) is 5.32 Å². The fourth-order valence-electron chi connectivity index (χ4n) is 2.19. The molecule has 1 atom stereocenters. The van der Waals surface area contributed by atoms with Crippen molar-refractivity contribution in [1.29, 1.82) is 0 Å². The number of carbonyl (C=O) groups is 1. The Bertz CT molecular complexity index is 1000. The van der Waals surface area contributed by atoms with Crippen molar-refractivity contribution < 1.29 is 22.7 Å². The summed E-state index contributed by atoms with van der Waals surface area (Å²) in [6.45, 7) is 1.50. The van der Waals surface area contributed by atoms with E-state index in [2.05, 4.69) is 5.32 Å². The Balaban J connectivity index is 1.72. The topological polar surface area (TPSA) is 68.5 Å². The molecule has 0 radical (unpaired) electrons. The lowest BCUT2D eigenvalue weighted by atomic mass is 10.2. The van der Waals surface area contributed by atoms with Crippen LogP contribution in [0.2, 0.25) is 0 Å². The number of amides is 1. The van der Waals surface area contributed by atoms with E-state index in [1.807, 2.05) is 0 Å². The maximum atomic E-state index is 13.2. The lowest BCUT2D eigenvalue weighted by molar-refractivity contribution is -0.122. The molecular weight excluding hydrogens is 332 g/mol. The lowest BCUT2D eigenvalue weighted by Gasteiger charge is -2.15. The van der Waals surface area contributed by atoms with Gasteiger partial charge in [0.05, 0.1) is 0 Å². The number of hydrogen-bond acceptors (Lipinski definition) is 4. The third-order valence-electron chi connectivity index (χ3n) is 3.46. The molecule has 7 heteroatoms. The second-order valence-corrected chi connectivity index (χ2v) is 5.33. The van der Waals surface area contributed by atoms with Gasteiger partial charge in [0.15, 0.2) is 17.7 Å². The predicted octanol–water partition coefficient (Wildman–Crippen LogP) is 3.48. The minimum atomic E-state index is -1.06. The zero-order valence-corrected chi connectivity index (χ0v) is 13.1. The molecule has 3 rings (SSSR count). The van der Waals surface area contributed by atoms with Gasteiger partial charge in [0.1, 0.15) is 11.3 Å². The summed E-state index contributed by atoms with van der Waals surface area (Å²) in [6, 6.07) is 10.8. The van der Waals surface area contributed by atoms with Crippen LogP contribution in [-0.2, 0) is 4.79 Å². The third kappa shape index (κ3) is 3.82. The van der Waals surface area contributed by atoms with E-state index >= 15 is 0 Å². The van der Waals surface area contributed by atoms with Gasteiger partial charge in [-0.2, -0.15) is 0 Å². The number of rotatable bonds is 4. The summed E-state index contributed by atoms with van der Waals surface area (Å²) in [4.78, 5) is 23.4. The molecule has 0 aliphatic carbocycles. The quantitative estimate of drug-likeness (QED) is 0.735. The van der Waals surface area contributed by atoms with E-state index in [1.54, 1.807) is 18.2 Å². The van der Waals surface area contributed by atoms with E-state index in [-0.39, 0.29) is 5.69 Å². The lowest BCUT2D eigenvalue weighted by Crippen LogP contribution is -2.30. The van der Waals surface area contributed by atoms with E-state index in [0.29, 0.717) is 16.7 Å². The average Bonchev–Trinajstić information content (AvgIpc) is 2.57. The Kier molecular flexibility index (Phi) is 4.47. The molecule has 1 heterocycles. The normalized spacial score (nSPS) is 12.0. The summed E-state index contributed by atoms with van der Waals surface area (Å²) in [5, 5.41) is 3.15. The van der Waals surface area contributed by atoms with Gasteiger partial charge in [-0.25, -0.2) is 13.6 Å². The molecule has 0 aliphatic heterocycles. The number of nitrogens with one attached hydrogen (secondary N) is 1. The fraction of sp³-hybridized carbons (Fsp3) is 0.111. The highest BCUT2D eigenvalue weighted by atomic mass is 19.2. The third-order valence-corrected chi connectivity index (χ3v) is 3.46. The maximum Gasteiger partial charge on any atom is 0.336 e. The number of hydrogen-bond donors (Lipinski definition) is 1. The van der Waals surface area contributed by atoms with E-state index in [1.165, 1.54) is 25.1 Å². The van der Waals surface area contributed by atoms with Crippen molar-refractivity contribution in [2.24, 2.45) is 0 Å². The predicted molar refractivity (Wildman–Crippen MR) is 87.6 cm³/mol. The van der Waals surface area contributed by atoms with Crippen LogP contribution in [0.15, 0.2) is 57.7 Å². The minimum absolute atomic E-state index is 0.115. The van der Waals surface area contributed by atoms with E-state index in [9.17, 15) is 18.4 Å². The van der Waals surface area contributed by atoms with Crippen LogP contribution in [0, 0.1) is 11.6 Å². The molecule has 3 aromatic rings. The van der Waals surface area contributed by atoms with Gasteiger partial charge in [-0.05, 0) is 37.3 Å². The minimum Gasteiger partial charge on any atom is -0.481 e. The highest BCUT2D eigenvalue weighted by molar-refractivity contribution is 5.94. The van der Waals surface area contributed by atoms with Crippen molar-refractivity contribution in [2.45, 2.75) is 13.0 Å². The number of halogens is 2. The monoisotopic (exact) mass is 345 g/mol. The van der Waals surface area contributed by atoms with Crippen molar-refractivity contribution in [3.63, 3.8) is 0 Å². The first-order valence-electron chi connectivity index (χ1n) is 7.39. The van der Waals surface area contributed by atoms with Crippen LogP contribution in [-0.4, -0.2) is 12.0 Å². The van der Waals surface area contributed by atoms with Crippen LogP contribution < -0.4 is 15.7 Å². The van der Waals surface area contributed by atoms with Crippen LogP contribution >= 0.6 is 0 Å². The van der Waals surface area contributed by atoms with E-state index in [4.69, 9.17) is 9.15 Å². The van der Waals surface area contributed by atoms with Crippen LogP contribution in [0.4, 0.5) is 14.5 Å². The Hall–Kier alpha value is -3.22. The van der Waals surface area contributed by atoms with E-state index in [0.717, 1.165) is 12.1 Å². The van der Waals surface area contributed by atoms with Gasteiger partial charge in [0.25, 0.3) is 5.91 Å². The highest BCUT2D eigenvalue weighted by Crippen LogP contribution is 2.21. The highest BCUT2D eigenvalue weighted by Gasteiger charge is 2.16. The van der Waals surface area contributed by atoms with Crippen LogP contribution in [0.25, 0.3) is 11.0 Å². The van der Waals surface area contributed by atoms with Gasteiger partial charge in [-0.1, -0.05) is 0 Å². The summed E-state index contributed by atoms with van der Waals surface area (Å²) in [5.41, 5.74) is -0.0455. The van der Waals surface area contributed by atoms with Crippen molar-refractivity contribution in [3.8, 4) is 5.75 Å². The SMILES string of the molecule is C[C@@H](Oc1ccc2ccc(=O)oc2c1)C(=O)Nc1ccc(F)c(F)c1. The standard InChI is InChI=1S/C18H13F2NO4/c1-10(18(23)21-12-4-6-14(19)15(20)8-12)24-13-5-2-11-3-7-17(22)25-16(11)9-13/h2-10H,1H3,(H,21,23)/t10-/m1/s1. The molecule has 1 N–H and O–H groups in total. The van der Waals surface area contributed by atoms with E-state index < -0.39 is 29.3 Å². The Labute approximate surface area is 140 Å². The summed E-state index contributed by atoms with van der Waals surface area (Å²) in [7, 11) is 0. The van der Waals surface area contributed by atoms with Crippen molar-refractivity contribution >= 4 is 22.6 Å². The Morgan fingerprint density at radius 3 is 2.60 bits per heavy atom. The number of benzene rings is 2. The zero-order valence-electron chi connectivity index (χ0n) is 13.1. The second-order valence-electron chi connectivity index (χ2n) is 5.33. The molecule has 0 saturated heterocycles. The first kappa shape index (κ1) is 16.6. The van der Waals surface area contributed by atoms with Crippen LogP contribution in [0.5, 0.6) is 5.75 Å². The molecule has 25 heavy (non-hydrogen) atoms. The van der Waals surface area contributed by atoms with Crippen molar-refractivity contribution in [3.05, 3.63) is 70.6 Å². The summed E-state index contributed by atoms with van der Waals surface area (Å²) in [5.74, 6) is -2.27. The second kappa shape index (κ2) is 6.72. The Morgan fingerprint density at radius 2 is 1.84 bits per heavy atom. The first-order valence-corrected chi connectivity index (χ1v) is 7.39. The smallest absolute Gasteiger partial charge is 0.336 e. The number of anilines is 1. The number of fused-ring (bicyclic) bond motifs is 1. The van der Waals surface area contributed by atoms with Crippen LogP contribution in [0.3, 0.4) is 0 Å². The average molecular weight is 345 g/mol. The molecule has 0 unspecified atom stereocenters. The first-order chi connectivity index (χ1) is 11.9. The van der Waals surface area contributed by atoms with Gasteiger partial charge in [0.2, 0.25) is 0 Å². The number of carbonyl (C=O) groups excluding carboxylic acids is 1. The molecule has 0 bridgehead atoms. The molecular formula is C18H13F2NO4. The molecule has 2 aromatic carbocycles. The van der Waals surface area contributed by atoms with Crippen LogP contribution in [0.1, 0.15) is 6.92 Å². The zero-order chi connectivity index (χ0) is 18.0. The maximum absolute atomic E-state index is 13.2. The largest absolute Gasteiger partial charge is 0.481 e. The van der Waals surface area contributed by atoms with Gasteiger partial charge in [-0.15, -0.1) is 0 Å². The molecule has 1 amide bonds. The van der Waals surface area contributed by atoms with Gasteiger partial charge in [0, 0.05) is 29.3 Å². The van der Waals surface area contributed by atoms with Gasteiger partial charge < -0.3 is 14.5 Å². The summed E-state index contributed by atoms with van der Waals surface area (Å²) < 4.78 is 36.6.